The van der Waals surface area contributed by atoms with E-state index in [2.05, 4.69) is 30.9 Å². The SMILES string of the molecule is CCc1cc2cccc(Cl)c2c(=O)n1C1=CCCC=C1.CN. The second-order valence-electron chi connectivity index (χ2n) is 4.94. The fourth-order valence-corrected chi connectivity index (χ4v) is 2.94. The smallest absolute Gasteiger partial charge is 0.264 e. The molecule has 2 N–H and O–H groups in total. The van der Waals surface area contributed by atoms with E-state index in [-0.39, 0.29) is 5.56 Å². The summed E-state index contributed by atoms with van der Waals surface area (Å²) in [7, 11) is 1.50. The monoisotopic (exact) mass is 316 g/mol. The molecule has 0 aliphatic heterocycles. The Bertz CT molecular complexity index is 788. The average Bonchev–Trinajstić information content (AvgIpc) is 2.57. The Morgan fingerprint density at radius 3 is 2.68 bits per heavy atom. The maximum atomic E-state index is 12.8. The Morgan fingerprint density at radius 1 is 1.27 bits per heavy atom. The first kappa shape index (κ1) is 16.5. The average molecular weight is 317 g/mol. The molecule has 0 radical (unpaired) electrons. The van der Waals surface area contributed by atoms with Gasteiger partial charge in [-0.25, -0.2) is 0 Å². The molecule has 1 aliphatic carbocycles. The molecular formula is C18H21ClN2O. The molecular weight excluding hydrogens is 296 g/mol. The van der Waals surface area contributed by atoms with Crippen LogP contribution in [0.5, 0.6) is 0 Å². The third-order valence-corrected chi connectivity index (χ3v) is 3.98. The molecule has 0 fully saturated rings. The summed E-state index contributed by atoms with van der Waals surface area (Å²) in [5, 5.41) is 2.03. The first-order chi connectivity index (χ1) is 10.7. The largest absolute Gasteiger partial charge is 0.333 e. The Morgan fingerprint density at radius 2 is 2.05 bits per heavy atom. The van der Waals surface area contributed by atoms with E-state index in [9.17, 15) is 4.79 Å². The molecule has 0 unspecified atom stereocenters. The van der Waals surface area contributed by atoms with Gasteiger partial charge in [0.05, 0.1) is 10.4 Å². The lowest BCUT2D eigenvalue weighted by atomic mass is 10.1. The van der Waals surface area contributed by atoms with Gasteiger partial charge in [-0.2, -0.15) is 0 Å². The predicted octanol–water partition coefficient (Wildman–Crippen LogP) is 3.98. The highest BCUT2D eigenvalue weighted by Crippen LogP contribution is 2.24. The summed E-state index contributed by atoms with van der Waals surface area (Å²) in [6.07, 6.45) is 9.06. The molecule has 0 saturated carbocycles. The van der Waals surface area contributed by atoms with E-state index in [1.807, 2.05) is 18.2 Å². The first-order valence-corrected chi connectivity index (χ1v) is 7.88. The van der Waals surface area contributed by atoms with Gasteiger partial charge in [0.25, 0.3) is 5.56 Å². The molecule has 4 heteroatoms. The maximum Gasteiger partial charge on any atom is 0.264 e. The molecule has 1 heterocycles. The number of allylic oxidation sites excluding steroid dienone is 4. The van der Waals surface area contributed by atoms with Gasteiger partial charge in [-0.1, -0.05) is 42.8 Å². The standard InChI is InChI=1S/C17H16ClNO.CH5N/c1-2-13-11-12-7-6-10-15(18)16(12)17(20)19(13)14-8-4-3-5-9-14;1-2/h4,6-11H,2-3,5H2,1H3;2H2,1H3. The lowest BCUT2D eigenvalue weighted by Gasteiger charge is -2.16. The quantitative estimate of drug-likeness (QED) is 0.911. The van der Waals surface area contributed by atoms with Gasteiger partial charge in [0.2, 0.25) is 0 Å². The number of benzene rings is 1. The van der Waals surface area contributed by atoms with Crippen LogP contribution in [0.3, 0.4) is 0 Å². The van der Waals surface area contributed by atoms with E-state index in [0.29, 0.717) is 10.4 Å². The van der Waals surface area contributed by atoms with Crippen molar-refractivity contribution in [2.24, 2.45) is 5.73 Å². The summed E-state index contributed by atoms with van der Waals surface area (Å²) in [5.74, 6) is 0. The zero-order valence-corrected chi connectivity index (χ0v) is 13.7. The molecule has 0 spiro atoms. The minimum absolute atomic E-state index is 0.0252. The van der Waals surface area contributed by atoms with Crippen molar-refractivity contribution in [2.45, 2.75) is 26.2 Å². The Hall–Kier alpha value is -1.84. The zero-order chi connectivity index (χ0) is 16.1. The fraction of sp³-hybridized carbons (Fsp3) is 0.278. The van der Waals surface area contributed by atoms with Crippen LogP contribution < -0.4 is 11.3 Å². The van der Waals surface area contributed by atoms with E-state index < -0.39 is 0 Å². The number of aryl methyl sites for hydroxylation is 1. The summed E-state index contributed by atoms with van der Waals surface area (Å²) in [6.45, 7) is 2.06. The third kappa shape index (κ3) is 3.01. The van der Waals surface area contributed by atoms with Gasteiger partial charge in [-0.15, -0.1) is 0 Å². The van der Waals surface area contributed by atoms with Crippen molar-refractivity contribution >= 4 is 28.1 Å². The van der Waals surface area contributed by atoms with Crippen LogP contribution in [-0.2, 0) is 6.42 Å². The highest BCUT2D eigenvalue weighted by Gasteiger charge is 2.13. The molecule has 1 aromatic heterocycles. The molecule has 1 aliphatic rings. The van der Waals surface area contributed by atoms with Crippen LogP contribution in [-0.4, -0.2) is 11.6 Å². The molecule has 0 amide bonds. The molecule has 3 rings (SSSR count). The minimum Gasteiger partial charge on any atom is -0.333 e. The van der Waals surface area contributed by atoms with Crippen molar-refractivity contribution < 1.29 is 0 Å². The number of nitrogens with zero attached hydrogens (tertiary/aromatic N) is 1. The number of hydrogen-bond acceptors (Lipinski definition) is 2. The van der Waals surface area contributed by atoms with Crippen LogP contribution in [0.15, 0.2) is 47.3 Å². The van der Waals surface area contributed by atoms with Crippen molar-refractivity contribution in [3.63, 3.8) is 0 Å². The Kier molecular flexibility index (Phi) is 5.58. The molecule has 2 aromatic rings. The minimum atomic E-state index is -0.0252. The lowest BCUT2D eigenvalue weighted by molar-refractivity contribution is 0.895. The first-order valence-electron chi connectivity index (χ1n) is 7.50. The van der Waals surface area contributed by atoms with Crippen LogP contribution >= 0.6 is 11.6 Å². The van der Waals surface area contributed by atoms with Crippen LogP contribution in [0.25, 0.3) is 16.5 Å². The summed E-state index contributed by atoms with van der Waals surface area (Å²) in [4.78, 5) is 12.8. The number of aromatic nitrogens is 1. The second-order valence-corrected chi connectivity index (χ2v) is 5.35. The van der Waals surface area contributed by atoms with E-state index in [1.165, 1.54) is 7.05 Å². The zero-order valence-electron chi connectivity index (χ0n) is 13.0. The van der Waals surface area contributed by atoms with E-state index >= 15 is 0 Å². The van der Waals surface area contributed by atoms with Crippen LogP contribution in [0.4, 0.5) is 0 Å². The van der Waals surface area contributed by atoms with Crippen molar-refractivity contribution in [3.05, 3.63) is 63.6 Å². The van der Waals surface area contributed by atoms with Gasteiger partial charge in [0, 0.05) is 11.4 Å². The van der Waals surface area contributed by atoms with Crippen molar-refractivity contribution in [1.29, 1.82) is 0 Å². The molecule has 1 aromatic carbocycles. The molecule has 0 bridgehead atoms. The van der Waals surface area contributed by atoms with Crippen molar-refractivity contribution in [3.8, 4) is 0 Å². The van der Waals surface area contributed by atoms with Crippen LogP contribution in [0, 0.1) is 0 Å². The van der Waals surface area contributed by atoms with E-state index in [1.54, 1.807) is 10.6 Å². The predicted molar refractivity (Wildman–Crippen MR) is 95.4 cm³/mol. The highest BCUT2D eigenvalue weighted by atomic mass is 35.5. The number of halogens is 1. The molecule has 0 saturated heterocycles. The molecule has 22 heavy (non-hydrogen) atoms. The van der Waals surface area contributed by atoms with E-state index in [4.69, 9.17) is 11.6 Å². The van der Waals surface area contributed by atoms with Crippen LogP contribution in [0.2, 0.25) is 5.02 Å². The van der Waals surface area contributed by atoms with Crippen LogP contribution in [0.1, 0.15) is 25.5 Å². The summed E-state index contributed by atoms with van der Waals surface area (Å²) >= 11 is 6.22. The number of fused-ring (bicyclic) bond motifs is 1. The van der Waals surface area contributed by atoms with Crippen molar-refractivity contribution in [1.82, 2.24) is 4.57 Å². The van der Waals surface area contributed by atoms with Gasteiger partial charge >= 0.3 is 0 Å². The Labute approximate surface area is 135 Å². The van der Waals surface area contributed by atoms with Gasteiger partial charge in [0.15, 0.2) is 0 Å². The molecule has 0 atom stereocenters. The van der Waals surface area contributed by atoms with Gasteiger partial charge in [0.1, 0.15) is 0 Å². The number of pyridine rings is 1. The number of nitrogens with two attached hydrogens (primary N) is 1. The molecule has 3 nitrogen and oxygen atoms in total. The normalized spacial score (nSPS) is 13.5. The number of rotatable bonds is 2. The van der Waals surface area contributed by atoms with Gasteiger partial charge < -0.3 is 5.73 Å². The molecule has 116 valence electrons. The van der Waals surface area contributed by atoms with E-state index in [0.717, 1.165) is 36.0 Å². The fourth-order valence-electron chi connectivity index (χ4n) is 2.68. The lowest BCUT2D eigenvalue weighted by Crippen LogP contribution is -2.23. The van der Waals surface area contributed by atoms with Crippen molar-refractivity contribution in [2.75, 3.05) is 7.05 Å². The highest BCUT2D eigenvalue weighted by molar-refractivity contribution is 6.35. The second kappa shape index (κ2) is 7.43. The summed E-state index contributed by atoms with van der Waals surface area (Å²) < 4.78 is 1.80. The van der Waals surface area contributed by atoms with Gasteiger partial charge in [-0.05, 0) is 49.9 Å². The summed E-state index contributed by atoms with van der Waals surface area (Å²) in [5.41, 5.74) is 6.45. The maximum absolute atomic E-state index is 12.8. The van der Waals surface area contributed by atoms with Gasteiger partial charge in [-0.3, -0.25) is 9.36 Å². The third-order valence-electron chi connectivity index (χ3n) is 3.67. The topological polar surface area (TPSA) is 48.0 Å². The Balaban J connectivity index is 0.000000847. The summed E-state index contributed by atoms with van der Waals surface area (Å²) in [6, 6.07) is 7.66. The number of hydrogen-bond donors (Lipinski definition) is 1.